The Bertz CT molecular complexity index is 823. The summed E-state index contributed by atoms with van der Waals surface area (Å²) in [5, 5.41) is 10.9. The maximum atomic E-state index is 12.1. The van der Waals surface area contributed by atoms with Crippen molar-refractivity contribution in [1.29, 1.82) is 0 Å². The quantitative estimate of drug-likeness (QED) is 0.784. The van der Waals surface area contributed by atoms with E-state index in [1.807, 2.05) is 31.2 Å². The number of ether oxygens (including phenoxy) is 1. The van der Waals surface area contributed by atoms with Gasteiger partial charge < -0.3 is 10.1 Å². The van der Waals surface area contributed by atoms with Crippen molar-refractivity contribution in [1.82, 2.24) is 15.0 Å². The van der Waals surface area contributed by atoms with E-state index in [2.05, 4.69) is 15.6 Å². The van der Waals surface area contributed by atoms with E-state index in [4.69, 9.17) is 4.74 Å². The SMILES string of the molecule is COc1ccc(NC(=O)Cn2cc(-c3ccc(C)cc3)nn2)cc1. The Morgan fingerprint density at radius 2 is 1.83 bits per heavy atom. The van der Waals surface area contributed by atoms with Crippen LogP contribution in [0.1, 0.15) is 5.56 Å². The number of hydrogen-bond donors (Lipinski definition) is 1. The van der Waals surface area contributed by atoms with Gasteiger partial charge in [0.2, 0.25) is 5.91 Å². The molecular formula is C18H18N4O2. The number of methoxy groups -OCH3 is 1. The maximum Gasteiger partial charge on any atom is 0.246 e. The van der Waals surface area contributed by atoms with Crippen LogP contribution in [-0.4, -0.2) is 28.0 Å². The van der Waals surface area contributed by atoms with E-state index in [1.165, 1.54) is 10.2 Å². The van der Waals surface area contributed by atoms with Crippen LogP contribution in [0.25, 0.3) is 11.3 Å². The van der Waals surface area contributed by atoms with Crippen LogP contribution in [0, 0.1) is 6.92 Å². The molecule has 0 spiro atoms. The Morgan fingerprint density at radius 1 is 1.12 bits per heavy atom. The summed E-state index contributed by atoms with van der Waals surface area (Å²) in [5.74, 6) is 0.576. The van der Waals surface area contributed by atoms with Gasteiger partial charge in [0, 0.05) is 11.3 Å². The molecule has 122 valence electrons. The fourth-order valence-corrected chi connectivity index (χ4v) is 2.25. The number of carbonyl (C=O) groups is 1. The number of nitrogens with one attached hydrogen (secondary N) is 1. The van der Waals surface area contributed by atoms with Crippen LogP contribution in [0.5, 0.6) is 5.75 Å². The molecule has 0 unspecified atom stereocenters. The van der Waals surface area contributed by atoms with Crippen molar-refractivity contribution in [2.45, 2.75) is 13.5 Å². The highest BCUT2D eigenvalue weighted by Gasteiger charge is 2.08. The first-order valence-electron chi connectivity index (χ1n) is 7.55. The number of carbonyl (C=O) groups excluding carboxylic acids is 1. The molecule has 2 aromatic carbocycles. The van der Waals surface area contributed by atoms with Gasteiger partial charge in [0.15, 0.2) is 0 Å². The highest BCUT2D eigenvalue weighted by molar-refractivity contribution is 5.90. The Balaban J connectivity index is 1.63. The number of anilines is 1. The zero-order chi connectivity index (χ0) is 16.9. The van der Waals surface area contributed by atoms with E-state index in [9.17, 15) is 4.79 Å². The number of aromatic nitrogens is 3. The molecule has 1 aromatic heterocycles. The van der Waals surface area contributed by atoms with Crippen LogP contribution >= 0.6 is 0 Å². The average molecular weight is 322 g/mol. The van der Waals surface area contributed by atoms with Crippen molar-refractivity contribution >= 4 is 11.6 Å². The van der Waals surface area contributed by atoms with Crippen LogP contribution in [-0.2, 0) is 11.3 Å². The van der Waals surface area contributed by atoms with Crippen LogP contribution in [0.2, 0.25) is 0 Å². The second kappa shape index (κ2) is 6.95. The molecule has 0 aliphatic rings. The first-order chi connectivity index (χ1) is 11.6. The lowest BCUT2D eigenvalue weighted by Gasteiger charge is -2.06. The molecule has 3 rings (SSSR count). The lowest BCUT2D eigenvalue weighted by atomic mass is 10.1. The predicted octanol–water partition coefficient (Wildman–Crippen LogP) is 2.90. The topological polar surface area (TPSA) is 69.0 Å². The van der Waals surface area contributed by atoms with E-state index in [1.54, 1.807) is 37.6 Å². The summed E-state index contributed by atoms with van der Waals surface area (Å²) in [6.45, 7) is 2.13. The smallest absolute Gasteiger partial charge is 0.246 e. The van der Waals surface area contributed by atoms with E-state index in [-0.39, 0.29) is 12.5 Å². The van der Waals surface area contributed by atoms with Crippen molar-refractivity contribution in [2.75, 3.05) is 12.4 Å². The average Bonchev–Trinajstić information content (AvgIpc) is 3.04. The minimum atomic E-state index is -0.166. The van der Waals surface area contributed by atoms with Gasteiger partial charge in [0.05, 0.1) is 13.3 Å². The zero-order valence-electron chi connectivity index (χ0n) is 13.6. The zero-order valence-corrected chi connectivity index (χ0v) is 13.6. The van der Waals surface area contributed by atoms with Gasteiger partial charge in [0.1, 0.15) is 18.0 Å². The number of nitrogens with zero attached hydrogens (tertiary/aromatic N) is 3. The summed E-state index contributed by atoms with van der Waals surface area (Å²) >= 11 is 0. The van der Waals surface area contributed by atoms with Crippen LogP contribution in [0.15, 0.2) is 54.7 Å². The molecule has 0 radical (unpaired) electrons. The molecule has 1 N–H and O–H groups in total. The molecule has 0 atom stereocenters. The molecule has 6 nitrogen and oxygen atoms in total. The number of hydrogen-bond acceptors (Lipinski definition) is 4. The molecule has 1 heterocycles. The first kappa shape index (κ1) is 15.7. The Morgan fingerprint density at radius 3 is 2.50 bits per heavy atom. The molecule has 0 bridgehead atoms. The van der Waals surface area contributed by atoms with Crippen molar-refractivity contribution in [2.24, 2.45) is 0 Å². The molecule has 0 saturated heterocycles. The van der Waals surface area contributed by atoms with Gasteiger partial charge in [-0.15, -0.1) is 5.10 Å². The second-order valence-corrected chi connectivity index (χ2v) is 5.44. The van der Waals surface area contributed by atoms with Crippen molar-refractivity contribution in [3.63, 3.8) is 0 Å². The second-order valence-electron chi connectivity index (χ2n) is 5.44. The van der Waals surface area contributed by atoms with Crippen LogP contribution in [0.4, 0.5) is 5.69 Å². The summed E-state index contributed by atoms with van der Waals surface area (Å²) < 4.78 is 6.61. The minimum absolute atomic E-state index is 0.102. The van der Waals surface area contributed by atoms with Gasteiger partial charge in [-0.3, -0.25) is 4.79 Å². The van der Waals surface area contributed by atoms with Gasteiger partial charge in [0.25, 0.3) is 0 Å². The molecule has 0 aliphatic carbocycles. The van der Waals surface area contributed by atoms with Crippen molar-refractivity contribution in [3.8, 4) is 17.0 Å². The monoisotopic (exact) mass is 322 g/mol. The number of amides is 1. The standard InChI is InChI=1S/C18H18N4O2/c1-13-3-5-14(6-4-13)17-11-22(21-20-17)12-18(23)19-15-7-9-16(24-2)10-8-15/h3-11H,12H2,1-2H3,(H,19,23). The first-order valence-corrected chi connectivity index (χ1v) is 7.55. The molecule has 24 heavy (non-hydrogen) atoms. The van der Waals surface area contributed by atoms with Crippen molar-refractivity contribution < 1.29 is 9.53 Å². The van der Waals surface area contributed by atoms with Gasteiger partial charge in [-0.2, -0.15) is 0 Å². The third kappa shape index (κ3) is 3.78. The lowest BCUT2D eigenvalue weighted by molar-refractivity contribution is -0.116. The predicted molar refractivity (Wildman–Crippen MR) is 91.8 cm³/mol. The fourth-order valence-electron chi connectivity index (χ4n) is 2.25. The number of benzene rings is 2. The largest absolute Gasteiger partial charge is 0.497 e. The van der Waals surface area contributed by atoms with E-state index in [0.717, 1.165) is 17.0 Å². The molecule has 6 heteroatoms. The molecule has 1 amide bonds. The summed E-state index contributed by atoms with van der Waals surface area (Å²) in [6, 6.07) is 15.2. The van der Waals surface area contributed by atoms with Gasteiger partial charge in [-0.25, -0.2) is 4.68 Å². The third-order valence-electron chi connectivity index (χ3n) is 3.57. The van der Waals surface area contributed by atoms with E-state index >= 15 is 0 Å². The highest BCUT2D eigenvalue weighted by Crippen LogP contribution is 2.17. The van der Waals surface area contributed by atoms with Crippen LogP contribution in [0.3, 0.4) is 0 Å². The summed E-state index contributed by atoms with van der Waals surface area (Å²) in [7, 11) is 1.60. The highest BCUT2D eigenvalue weighted by atomic mass is 16.5. The maximum absolute atomic E-state index is 12.1. The Kier molecular flexibility index (Phi) is 4.56. The van der Waals surface area contributed by atoms with Gasteiger partial charge in [-0.1, -0.05) is 35.0 Å². The van der Waals surface area contributed by atoms with E-state index in [0.29, 0.717) is 5.69 Å². The minimum Gasteiger partial charge on any atom is -0.497 e. The Labute approximate surface area is 140 Å². The summed E-state index contributed by atoms with van der Waals surface area (Å²) in [6.07, 6.45) is 1.76. The van der Waals surface area contributed by atoms with Crippen LogP contribution < -0.4 is 10.1 Å². The van der Waals surface area contributed by atoms with Gasteiger partial charge in [-0.05, 0) is 31.2 Å². The molecule has 0 aliphatic heterocycles. The fraction of sp³-hybridized carbons (Fsp3) is 0.167. The van der Waals surface area contributed by atoms with E-state index < -0.39 is 0 Å². The normalized spacial score (nSPS) is 10.4. The van der Waals surface area contributed by atoms with Gasteiger partial charge >= 0.3 is 0 Å². The summed E-state index contributed by atoms with van der Waals surface area (Å²) in [4.78, 5) is 12.1. The summed E-state index contributed by atoms with van der Waals surface area (Å²) in [5.41, 5.74) is 3.61. The number of rotatable bonds is 5. The Hall–Kier alpha value is -3.15. The molecule has 3 aromatic rings. The molecule has 0 saturated carbocycles. The molecule has 0 fully saturated rings. The number of aryl methyl sites for hydroxylation is 1. The van der Waals surface area contributed by atoms with Crippen molar-refractivity contribution in [3.05, 3.63) is 60.3 Å². The third-order valence-corrected chi connectivity index (χ3v) is 3.57. The molecular weight excluding hydrogens is 304 g/mol. The lowest BCUT2D eigenvalue weighted by Crippen LogP contribution is -2.19.